The van der Waals surface area contributed by atoms with Gasteiger partial charge in [-0.25, -0.2) is 0 Å². The third-order valence-corrected chi connectivity index (χ3v) is 4.95. The van der Waals surface area contributed by atoms with E-state index in [9.17, 15) is 9.59 Å². The lowest BCUT2D eigenvalue weighted by Crippen LogP contribution is -2.45. The maximum absolute atomic E-state index is 12.6. The molecule has 4 heterocycles. The lowest BCUT2D eigenvalue weighted by atomic mass is 10.1. The standard InChI is InChI=1S/C19H23N5O3/c25-18(21-12-14-5-1-3-7-20-14)16-11-15-13-23(8-9-24(15)22-16)19(26)17-6-2-4-10-27-17/h1,3,5,7,11,17H,2,4,6,8-10,12-13H2,(H,21,25). The zero-order chi connectivity index (χ0) is 18.6. The van der Waals surface area contributed by atoms with Gasteiger partial charge in [0.2, 0.25) is 0 Å². The Balaban J connectivity index is 1.38. The van der Waals surface area contributed by atoms with Gasteiger partial charge in [0.1, 0.15) is 6.10 Å². The highest BCUT2D eigenvalue weighted by molar-refractivity contribution is 5.92. The molecule has 8 heteroatoms. The van der Waals surface area contributed by atoms with Gasteiger partial charge in [-0.2, -0.15) is 5.10 Å². The van der Waals surface area contributed by atoms with Crippen LogP contribution in [0.1, 0.15) is 41.1 Å². The Kier molecular flexibility index (Phi) is 5.15. The van der Waals surface area contributed by atoms with Crippen molar-refractivity contribution in [1.82, 2.24) is 25.0 Å². The number of carbonyl (C=O) groups is 2. The number of rotatable bonds is 4. The molecule has 1 saturated heterocycles. The molecule has 142 valence electrons. The Morgan fingerprint density at radius 3 is 2.96 bits per heavy atom. The second-order valence-corrected chi connectivity index (χ2v) is 6.86. The van der Waals surface area contributed by atoms with Crippen molar-refractivity contribution in [3.05, 3.63) is 47.5 Å². The quantitative estimate of drug-likeness (QED) is 0.872. The van der Waals surface area contributed by atoms with E-state index in [2.05, 4.69) is 15.4 Å². The summed E-state index contributed by atoms with van der Waals surface area (Å²) in [6.07, 6.45) is 4.21. The van der Waals surface area contributed by atoms with Crippen LogP contribution in [0.4, 0.5) is 0 Å². The maximum Gasteiger partial charge on any atom is 0.272 e. The fourth-order valence-electron chi connectivity index (χ4n) is 3.47. The lowest BCUT2D eigenvalue weighted by Gasteiger charge is -2.32. The number of hydrogen-bond donors (Lipinski definition) is 1. The molecule has 1 fully saturated rings. The zero-order valence-corrected chi connectivity index (χ0v) is 15.1. The topological polar surface area (TPSA) is 89.4 Å². The Hall–Kier alpha value is -2.74. The number of ether oxygens (including phenoxy) is 1. The van der Waals surface area contributed by atoms with E-state index in [1.165, 1.54) is 0 Å². The number of nitrogens with zero attached hydrogens (tertiary/aromatic N) is 4. The van der Waals surface area contributed by atoms with Crippen LogP contribution in [-0.4, -0.2) is 50.7 Å². The molecule has 0 saturated carbocycles. The molecule has 2 amide bonds. The molecule has 2 aromatic heterocycles. The van der Waals surface area contributed by atoms with Crippen LogP contribution in [0.25, 0.3) is 0 Å². The molecule has 1 N–H and O–H groups in total. The van der Waals surface area contributed by atoms with Crippen molar-refractivity contribution in [3.63, 3.8) is 0 Å². The van der Waals surface area contributed by atoms with Gasteiger partial charge in [-0.15, -0.1) is 0 Å². The summed E-state index contributed by atoms with van der Waals surface area (Å²) in [5.41, 5.74) is 2.02. The summed E-state index contributed by atoms with van der Waals surface area (Å²) in [6.45, 7) is 2.64. The number of nitrogens with one attached hydrogen (secondary N) is 1. The molecule has 2 aliphatic heterocycles. The van der Waals surface area contributed by atoms with E-state index in [1.807, 2.05) is 23.1 Å². The molecule has 0 aliphatic carbocycles. The Labute approximate surface area is 157 Å². The van der Waals surface area contributed by atoms with Gasteiger partial charge >= 0.3 is 0 Å². The van der Waals surface area contributed by atoms with Crippen molar-refractivity contribution in [2.75, 3.05) is 13.2 Å². The molecule has 0 spiro atoms. The van der Waals surface area contributed by atoms with Crippen LogP contribution in [-0.2, 0) is 29.2 Å². The number of amides is 2. The van der Waals surface area contributed by atoms with Gasteiger partial charge in [0.25, 0.3) is 11.8 Å². The first-order valence-corrected chi connectivity index (χ1v) is 9.36. The predicted molar refractivity (Wildman–Crippen MR) is 96.6 cm³/mol. The minimum atomic E-state index is -0.325. The van der Waals surface area contributed by atoms with Gasteiger partial charge in [0.05, 0.1) is 31.0 Å². The third kappa shape index (κ3) is 4.00. The first-order chi connectivity index (χ1) is 13.2. The molecule has 4 rings (SSSR count). The summed E-state index contributed by atoms with van der Waals surface area (Å²) in [5, 5.41) is 7.22. The van der Waals surface area contributed by atoms with E-state index in [0.717, 1.165) is 30.7 Å². The minimum Gasteiger partial charge on any atom is -0.368 e. The monoisotopic (exact) mass is 369 g/mol. The van der Waals surface area contributed by atoms with E-state index in [0.29, 0.717) is 38.5 Å². The van der Waals surface area contributed by atoms with Crippen molar-refractivity contribution in [2.24, 2.45) is 0 Å². The van der Waals surface area contributed by atoms with Gasteiger partial charge in [-0.1, -0.05) is 6.07 Å². The first-order valence-electron chi connectivity index (χ1n) is 9.36. The van der Waals surface area contributed by atoms with Gasteiger partial charge in [-0.05, 0) is 37.5 Å². The molecule has 0 aromatic carbocycles. The van der Waals surface area contributed by atoms with Crippen molar-refractivity contribution in [1.29, 1.82) is 0 Å². The maximum atomic E-state index is 12.6. The summed E-state index contributed by atoms with van der Waals surface area (Å²) in [6, 6.07) is 7.33. The Bertz CT molecular complexity index is 814. The Morgan fingerprint density at radius 1 is 1.26 bits per heavy atom. The molecule has 0 radical (unpaired) electrons. The fraction of sp³-hybridized carbons (Fsp3) is 0.474. The molecule has 1 unspecified atom stereocenters. The molecule has 8 nitrogen and oxygen atoms in total. The van der Waals surface area contributed by atoms with Crippen LogP contribution < -0.4 is 5.32 Å². The molecule has 1 atom stereocenters. The summed E-state index contributed by atoms with van der Waals surface area (Å²) in [4.78, 5) is 31.0. The second-order valence-electron chi connectivity index (χ2n) is 6.86. The summed E-state index contributed by atoms with van der Waals surface area (Å²) >= 11 is 0. The van der Waals surface area contributed by atoms with Crippen LogP contribution in [0.15, 0.2) is 30.5 Å². The van der Waals surface area contributed by atoms with Crippen molar-refractivity contribution >= 4 is 11.8 Å². The molecule has 0 bridgehead atoms. The van der Waals surface area contributed by atoms with Crippen molar-refractivity contribution in [3.8, 4) is 0 Å². The zero-order valence-electron chi connectivity index (χ0n) is 15.1. The number of fused-ring (bicyclic) bond motifs is 1. The summed E-state index contributed by atoms with van der Waals surface area (Å²) < 4.78 is 7.42. The summed E-state index contributed by atoms with van der Waals surface area (Å²) in [5.74, 6) is -0.195. The second kappa shape index (κ2) is 7.87. The molecule has 2 aromatic rings. The highest BCUT2D eigenvalue weighted by Gasteiger charge is 2.30. The predicted octanol–water partition coefficient (Wildman–Crippen LogP) is 1.12. The highest BCUT2D eigenvalue weighted by atomic mass is 16.5. The van der Waals surface area contributed by atoms with Gasteiger partial charge in [0.15, 0.2) is 5.69 Å². The number of pyridine rings is 1. The van der Waals surface area contributed by atoms with Crippen molar-refractivity contribution < 1.29 is 14.3 Å². The average Bonchev–Trinajstić information content (AvgIpc) is 3.16. The van der Waals surface area contributed by atoms with Crippen LogP contribution >= 0.6 is 0 Å². The molecule has 2 aliphatic rings. The fourth-order valence-corrected chi connectivity index (χ4v) is 3.47. The normalized spacial score (nSPS) is 19.4. The Morgan fingerprint density at radius 2 is 2.19 bits per heavy atom. The smallest absolute Gasteiger partial charge is 0.272 e. The van der Waals surface area contributed by atoms with E-state index >= 15 is 0 Å². The van der Waals surface area contributed by atoms with E-state index < -0.39 is 0 Å². The minimum absolute atomic E-state index is 0.0447. The number of carbonyl (C=O) groups excluding carboxylic acids is 2. The average molecular weight is 369 g/mol. The van der Waals surface area contributed by atoms with Crippen LogP contribution in [0.2, 0.25) is 0 Å². The van der Waals surface area contributed by atoms with Crippen LogP contribution in [0.5, 0.6) is 0 Å². The molecule has 27 heavy (non-hydrogen) atoms. The molecular formula is C19H23N5O3. The number of hydrogen-bond acceptors (Lipinski definition) is 5. The van der Waals surface area contributed by atoms with E-state index in [-0.39, 0.29) is 17.9 Å². The van der Waals surface area contributed by atoms with Crippen LogP contribution in [0, 0.1) is 0 Å². The number of aromatic nitrogens is 3. The summed E-state index contributed by atoms with van der Waals surface area (Å²) in [7, 11) is 0. The van der Waals surface area contributed by atoms with Gasteiger partial charge in [-0.3, -0.25) is 19.3 Å². The lowest BCUT2D eigenvalue weighted by molar-refractivity contribution is -0.148. The largest absolute Gasteiger partial charge is 0.368 e. The van der Waals surface area contributed by atoms with Gasteiger partial charge < -0.3 is 15.0 Å². The third-order valence-electron chi connectivity index (χ3n) is 4.95. The van der Waals surface area contributed by atoms with Gasteiger partial charge in [0, 0.05) is 19.3 Å². The highest BCUT2D eigenvalue weighted by Crippen LogP contribution is 2.19. The first kappa shape index (κ1) is 17.7. The van der Waals surface area contributed by atoms with E-state index in [4.69, 9.17) is 4.74 Å². The van der Waals surface area contributed by atoms with Crippen LogP contribution in [0.3, 0.4) is 0 Å². The molecular weight excluding hydrogens is 346 g/mol. The van der Waals surface area contributed by atoms with E-state index in [1.54, 1.807) is 16.9 Å². The SMILES string of the molecule is O=C(NCc1ccccn1)c1cc2n(n1)CCN(C(=O)C1CCCCO1)C2. The van der Waals surface area contributed by atoms with Crippen molar-refractivity contribution in [2.45, 2.75) is 45.0 Å².